The normalized spacial score (nSPS) is 12.2. The fourth-order valence-electron chi connectivity index (χ4n) is 2.13. The highest BCUT2D eigenvalue weighted by molar-refractivity contribution is 5.57. The summed E-state index contributed by atoms with van der Waals surface area (Å²) in [7, 11) is 0. The Kier molecular flexibility index (Phi) is 3.79. The van der Waals surface area contributed by atoms with Crippen molar-refractivity contribution in [2.45, 2.75) is 33.7 Å². The van der Waals surface area contributed by atoms with Crippen LogP contribution in [0.25, 0.3) is 0 Å². The summed E-state index contributed by atoms with van der Waals surface area (Å²) in [4.78, 5) is 0. The Balaban J connectivity index is 2.21. The Labute approximate surface area is 115 Å². The summed E-state index contributed by atoms with van der Waals surface area (Å²) >= 11 is 0. The van der Waals surface area contributed by atoms with Crippen molar-refractivity contribution in [3.8, 4) is 5.75 Å². The van der Waals surface area contributed by atoms with Crippen molar-refractivity contribution in [1.82, 2.24) is 0 Å². The molecule has 0 radical (unpaired) electrons. The van der Waals surface area contributed by atoms with Crippen molar-refractivity contribution in [2.75, 3.05) is 5.32 Å². The molecule has 0 aliphatic rings. The molecule has 0 bridgehead atoms. The van der Waals surface area contributed by atoms with Crippen LogP contribution in [0, 0.1) is 20.8 Å². The lowest BCUT2D eigenvalue weighted by Gasteiger charge is -2.18. The van der Waals surface area contributed by atoms with E-state index in [1.165, 1.54) is 11.1 Å². The van der Waals surface area contributed by atoms with E-state index in [2.05, 4.69) is 43.4 Å². The van der Waals surface area contributed by atoms with Crippen LogP contribution in [0.1, 0.15) is 35.2 Å². The molecule has 2 N–H and O–H groups in total. The van der Waals surface area contributed by atoms with Crippen LogP contribution >= 0.6 is 0 Å². The van der Waals surface area contributed by atoms with E-state index in [1.54, 1.807) is 6.07 Å². The van der Waals surface area contributed by atoms with Gasteiger partial charge in [0, 0.05) is 11.7 Å². The molecule has 2 aromatic rings. The maximum Gasteiger partial charge on any atom is 0.118 e. The van der Waals surface area contributed by atoms with Gasteiger partial charge in [-0.05, 0) is 56.5 Å². The SMILES string of the molecule is Cc1ccc(C(C)Nc2cc(C)c(O)cc2C)cc1. The summed E-state index contributed by atoms with van der Waals surface area (Å²) in [5.74, 6) is 0.353. The van der Waals surface area contributed by atoms with Gasteiger partial charge in [-0.2, -0.15) is 0 Å². The fraction of sp³-hybridized carbons (Fsp3) is 0.294. The zero-order valence-corrected chi connectivity index (χ0v) is 12.0. The van der Waals surface area contributed by atoms with Gasteiger partial charge in [0.15, 0.2) is 0 Å². The predicted molar refractivity (Wildman–Crippen MR) is 80.8 cm³/mol. The summed E-state index contributed by atoms with van der Waals surface area (Å²) in [6.07, 6.45) is 0. The summed E-state index contributed by atoms with van der Waals surface area (Å²) < 4.78 is 0. The number of hydrogen-bond acceptors (Lipinski definition) is 2. The van der Waals surface area contributed by atoms with Gasteiger partial charge in [0.25, 0.3) is 0 Å². The second-order valence-corrected chi connectivity index (χ2v) is 5.23. The van der Waals surface area contributed by atoms with Crippen LogP contribution in [-0.2, 0) is 0 Å². The Morgan fingerprint density at radius 2 is 1.58 bits per heavy atom. The van der Waals surface area contributed by atoms with Crippen molar-refractivity contribution in [2.24, 2.45) is 0 Å². The van der Waals surface area contributed by atoms with E-state index in [-0.39, 0.29) is 6.04 Å². The highest BCUT2D eigenvalue weighted by Gasteiger charge is 2.08. The molecular weight excluding hydrogens is 234 g/mol. The molecular formula is C17H21NO. The molecule has 0 spiro atoms. The second-order valence-electron chi connectivity index (χ2n) is 5.23. The van der Waals surface area contributed by atoms with Crippen LogP contribution in [0.2, 0.25) is 0 Å². The first-order chi connectivity index (χ1) is 8.97. The molecule has 0 aliphatic carbocycles. The number of rotatable bonds is 3. The van der Waals surface area contributed by atoms with Gasteiger partial charge in [0.05, 0.1) is 0 Å². The minimum Gasteiger partial charge on any atom is -0.508 e. The number of anilines is 1. The number of benzene rings is 2. The number of aromatic hydroxyl groups is 1. The minimum atomic E-state index is 0.239. The van der Waals surface area contributed by atoms with Gasteiger partial charge in [0.2, 0.25) is 0 Å². The lowest BCUT2D eigenvalue weighted by molar-refractivity contribution is 0.470. The van der Waals surface area contributed by atoms with E-state index in [4.69, 9.17) is 0 Å². The number of hydrogen-bond donors (Lipinski definition) is 2. The van der Waals surface area contributed by atoms with Crippen LogP contribution in [0.3, 0.4) is 0 Å². The van der Waals surface area contributed by atoms with Crippen molar-refractivity contribution in [3.05, 3.63) is 58.7 Å². The molecule has 19 heavy (non-hydrogen) atoms. The molecule has 2 rings (SSSR count). The number of phenols is 1. The minimum absolute atomic E-state index is 0.239. The topological polar surface area (TPSA) is 32.3 Å². The summed E-state index contributed by atoms with van der Waals surface area (Å²) in [6, 6.07) is 12.6. The van der Waals surface area contributed by atoms with Crippen molar-refractivity contribution < 1.29 is 5.11 Å². The summed E-state index contributed by atoms with van der Waals surface area (Å²) in [5.41, 5.74) is 5.55. The molecule has 100 valence electrons. The summed E-state index contributed by atoms with van der Waals surface area (Å²) in [6.45, 7) is 8.15. The number of nitrogens with one attached hydrogen (secondary N) is 1. The molecule has 0 saturated carbocycles. The Morgan fingerprint density at radius 1 is 0.947 bits per heavy atom. The molecule has 2 nitrogen and oxygen atoms in total. The fourth-order valence-corrected chi connectivity index (χ4v) is 2.13. The quantitative estimate of drug-likeness (QED) is 0.792. The maximum atomic E-state index is 9.68. The van der Waals surface area contributed by atoms with Crippen LogP contribution in [0.5, 0.6) is 5.75 Å². The third kappa shape index (κ3) is 3.08. The van der Waals surface area contributed by atoms with E-state index in [1.807, 2.05) is 19.9 Å². The number of aryl methyl sites for hydroxylation is 3. The molecule has 0 saturated heterocycles. The van der Waals surface area contributed by atoms with Gasteiger partial charge in [-0.15, -0.1) is 0 Å². The van der Waals surface area contributed by atoms with Gasteiger partial charge in [-0.3, -0.25) is 0 Å². The van der Waals surface area contributed by atoms with Gasteiger partial charge in [-0.25, -0.2) is 0 Å². The van der Waals surface area contributed by atoms with Crippen LogP contribution in [-0.4, -0.2) is 5.11 Å². The molecule has 0 aromatic heterocycles. The van der Waals surface area contributed by atoms with Crippen LogP contribution < -0.4 is 5.32 Å². The van der Waals surface area contributed by atoms with E-state index < -0.39 is 0 Å². The molecule has 1 unspecified atom stereocenters. The van der Waals surface area contributed by atoms with Crippen molar-refractivity contribution in [1.29, 1.82) is 0 Å². The first kappa shape index (κ1) is 13.5. The van der Waals surface area contributed by atoms with E-state index in [0.717, 1.165) is 16.8 Å². The van der Waals surface area contributed by atoms with Crippen molar-refractivity contribution in [3.63, 3.8) is 0 Å². The van der Waals surface area contributed by atoms with Gasteiger partial charge < -0.3 is 10.4 Å². The van der Waals surface area contributed by atoms with Crippen LogP contribution in [0.15, 0.2) is 36.4 Å². The van der Waals surface area contributed by atoms with Gasteiger partial charge in [-0.1, -0.05) is 29.8 Å². The number of phenolic OH excluding ortho intramolecular Hbond substituents is 1. The first-order valence-electron chi connectivity index (χ1n) is 6.60. The third-order valence-corrected chi connectivity index (χ3v) is 3.49. The van der Waals surface area contributed by atoms with Crippen molar-refractivity contribution >= 4 is 5.69 Å². The van der Waals surface area contributed by atoms with Crippen LogP contribution in [0.4, 0.5) is 5.69 Å². The van der Waals surface area contributed by atoms with E-state index >= 15 is 0 Å². The molecule has 0 amide bonds. The predicted octanol–water partition coefficient (Wildman–Crippen LogP) is 4.49. The molecule has 2 aromatic carbocycles. The zero-order chi connectivity index (χ0) is 14.0. The smallest absolute Gasteiger partial charge is 0.118 e. The zero-order valence-electron chi connectivity index (χ0n) is 12.0. The second kappa shape index (κ2) is 5.35. The van der Waals surface area contributed by atoms with E-state index in [9.17, 15) is 5.11 Å². The average Bonchev–Trinajstić information content (AvgIpc) is 2.36. The lowest BCUT2D eigenvalue weighted by Crippen LogP contribution is -2.07. The Morgan fingerprint density at radius 3 is 2.21 bits per heavy atom. The molecule has 0 aliphatic heterocycles. The van der Waals surface area contributed by atoms with E-state index in [0.29, 0.717) is 5.75 Å². The first-order valence-corrected chi connectivity index (χ1v) is 6.60. The Hall–Kier alpha value is -1.96. The molecule has 0 heterocycles. The largest absolute Gasteiger partial charge is 0.508 e. The molecule has 2 heteroatoms. The van der Waals surface area contributed by atoms with Gasteiger partial charge >= 0.3 is 0 Å². The summed E-state index contributed by atoms with van der Waals surface area (Å²) in [5, 5.41) is 13.2. The maximum absolute atomic E-state index is 9.68. The third-order valence-electron chi connectivity index (χ3n) is 3.49. The average molecular weight is 255 g/mol. The standard InChI is InChI=1S/C17H21NO/c1-11-5-7-15(8-6-11)14(4)18-16-9-13(3)17(19)10-12(16)2/h5-10,14,18-19H,1-4H3. The molecule has 0 fully saturated rings. The highest BCUT2D eigenvalue weighted by atomic mass is 16.3. The highest BCUT2D eigenvalue weighted by Crippen LogP contribution is 2.28. The monoisotopic (exact) mass is 255 g/mol. The molecule has 1 atom stereocenters. The lowest BCUT2D eigenvalue weighted by atomic mass is 10.0. The van der Waals surface area contributed by atoms with Gasteiger partial charge in [0.1, 0.15) is 5.75 Å². The Bertz CT molecular complexity index is 573.